The molecule has 0 N–H and O–H groups in total. The lowest BCUT2D eigenvalue weighted by Gasteiger charge is -2.40. The zero-order valence-corrected chi connectivity index (χ0v) is 20.2. The number of halogens is 2. The second-order valence-electron chi connectivity index (χ2n) is 7.94. The van der Waals surface area contributed by atoms with Crippen LogP contribution in [0.15, 0.2) is 36.8 Å². The van der Waals surface area contributed by atoms with E-state index in [9.17, 15) is 19.2 Å². The molecule has 1 aromatic carbocycles. The van der Waals surface area contributed by atoms with Gasteiger partial charge >= 0.3 is 6.03 Å². The number of imidazole rings is 1. The molecule has 178 valence electrons. The third-order valence-electron chi connectivity index (χ3n) is 5.92. The molecule has 1 saturated heterocycles. The molecule has 2 aliphatic heterocycles. The molecule has 2 atom stereocenters. The van der Waals surface area contributed by atoms with Crippen molar-refractivity contribution in [1.29, 1.82) is 5.26 Å². The van der Waals surface area contributed by atoms with Crippen LogP contribution in [0.4, 0.5) is 15.0 Å². The van der Waals surface area contributed by atoms with Crippen molar-refractivity contribution in [2.45, 2.75) is 24.6 Å². The number of hydrogen-bond donors (Lipinski definition) is 0. The van der Waals surface area contributed by atoms with E-state index in [2.05, 4.69) is 16.0 Å². The number of thioether (sulfide) groups is 1. The average molecular weight is 513 g/mol. The molecule has 0 radical (unpaired) electrons. The highest BCUT2D eigenvalue weighted by atomic mass is 35.5. The summed E-state index contributed by atoms with van der Waals surface area (Å²) in [6.45, 7) is 1.93. The summed E-state index contributed by atoms with van der Waals surface area (Å²) < 4.78 is 20.9. The number of aryl methyl sites for hydroxylation is 1. The number of ether oxygens (including phenoxy) is 1. The molecule has 0 bridgehead atoms. The number of aromatic nitrogens is 3. The minimum Gasteiger partial charge on any atom is -0.494 e. The van der Waals surface area contributed by atoms with Crippen molar-refractivity contribution >= 4 is 51.7 Å². The molecule has 1 fully saturated rings. The van der Waals surface area contributed by atoms with E-state index in [1.807, 2.05) is 6.92 Å². The van der Waals surface area contributed by atoms with E-state index in [0.717, 1.165) is 16.7 Å². The zero-order valence-electron chi connectivity index (χ0n) is 18.6. The number of amides is 3. The van der Waals surface area contributed by atoms with Crippen LogP contribution in [0.25, 0.3) is 10.6 Å². The number of imide groups is 1. The number of nitriles is 1. The second-order valence-corrected chi connectivity index (χ2v) is 9.53. The first-order chi connectivity index (χ1) is 16.8. The molecule has 2 unspecified atom stereocenters. The van der Waals surface area contributed by atoms with Crippen LogP contribution in [0, 0.1) is 24.1 Å². The Morgan fingerprint density at radius 1 is 1.29 bits per heavy atom. The van der Waals surface area contributed by atoms with E-state index in [1.165, 1.54) is 36.0 Å². The van der Waals surface area contributed by atoms with Gasteiger partial charge in [-0.1, -0.05) is 11.6 Å². The van der Waals surface area contributed by atoms with E-state index in [4.69, 9.17) is 16.3 Å². The van der Waals surface area contributed by atoms with Gasteiger partial charge in [0.2, 0.25) is 0 Å². The number of hydrogen-bond acceptors (Lipinski definition) is 7. The molecule has 2 aliphatic rings. The van der Waals surface area contributed by atoms with Crippen molar-refractivity contribution in [3.05, 3.63) is 58.9 Å². The van der Waals surface area contributed by atoms with Crippen molar-refractivity contribution in [2.75, 3.05) is 18.6 Å². The summed E-state index contributed by atoms with van der Waals surface area (Å²) in [5, 5.41) is 8.63. The number of fused-ring (bicyclic) bond motifs is 2. The molecule has 12 heteroatoms. The van der Waals surface area contributed by atoms with Crippen LogP contribution in [-0.2, 0) is 4.79 Å². The Kier molecular flexibility index (Phi) is 5.86. The van der Waals surface area contributed by atoms with Crippen molar-refractivity contribution in [3.63, 3.8) is 0 Å². The summed E-state index contributed by atoms with van der Waals surface area (Å²) in [5.74, 6) is -0.758. The van der Waals surface area contributed by atoms with Crippen molar-refractivity contribution in [2.24, 2.45) is 0 Å². The third-order valence-corrected chi connectivity index (χ3v) is 7.58. The topological polar surface area (TPSA) is 104 Å². The van der Waals surface area contributed by atoms with Crippen LogP contribution in [0.2, 0.25) is 5.02 Å². The van der Waals surface area contributed by atoms with Crippen LogP contribution in [0.5, 0.6) is 5.75 Å². The highest BCUT2D eigenvalue weighted by Gasteiger charge is 2.50. The van der Waals surface area contributed by atoms with Gasteiger partial charge in [-0.15, -0.1) is 11.8 Å². The molecule has 5 rings (SSSR count). The molecule has 0 saturated carbocycles. The number of urea groups is 1. The lowest BCUT2D eigenvalue weighted by Crippen LogP contribution is -2.62. The predicted octanol–water partition coefficient (Wildman–Crippen LogP) is 4.05. The Bertz CT molecular complexity index is 1450. The minimum absolute atomic E-state index is 0.0134. The maximum Gasteiger partial charge on any atom is 0.333 e. The summed E-state index contributed by atoms with van der Waals surface area (Å²) in [6.07, 6.45) is 6.46. The number of benzene rings is 1. The fourth-order valence-corrected chi connectivity index (χ4v) is 5.97. The van der Waals surface area contributed by atoms with Gasteiger partial charge < -0.3 is 9.64 Å². The van der Waals surface area contributed by atoms with E-state index >= 15 is 0 Å². The lowest BCUT2D eigenvalue weighted by molar-refractivity contribution is -0.119. The first-order valence-corrected chi connectivity index (χ1v) is 11.8. The Morgan fingerprint density at radius 2 is 2.09 bits per heavy atom. The summed E-state index contributed by atoms with van der Waals surface area (Å²) in [7, 11) is 1.35. The molecule has 4 heterocycles. The predicted molar refractivity (Wildman–Crippen MR) is 129 cm³/mol. The lowest BCUT2D eigenvalue weighted by atomic mass is 10.1. The molecular formula is C23H18ClFN6O3S. The monoisotopic (exact) mass is 512 g/mol. The smallest absolute Gasteiger partial charge is 0.333 e. The van der Waals surface area contributed by atoms with Crippen molar-refractivity contribution in [1.82, 2.24) is 19.3 Å². The van der Waals surface area contributed by atoms with Crippen molar-refractivity contribution in [3.8, 4) is 11.8 Å². The molecule has 0 spiro atoms. The third kappa shape index (κ3) is 3.69. The molecular weight excluding hydrogens is 495 g/mol. The van der Waals surface area contributed by atoms with Gasteiger partial charge in [0.15, 0.2) is 17.2 Å². The number of nitrogens with zero attached hydrogens (tertiary/aromatic N) is 6. The van der Waals surface area contributed by atoms with E-state index < -0.39 is 29.0 Å². The molecule has 9 nitrogen and oxygen atoms in total. The zero-order chi connectivity index (χ0) is 24.9. The van der Waals surface area contributed by atoms with Crippen LogP contribution in [0.3, 0.4) is 0 Å². The minimum atomic E-state index is -0.701. The highest BCUT2D eigenvalue weighted by molar-refractivity contribution is 8.09. The Labute approximate surface area is 208 Å². The number of rotatable bonds is 5. The molecule has 0 aliphatic carbocycles. The summed E-state index contributed by atoms with van der Waals surface area (Å²) in [5.41, 5.74) is 1.71. The fourth-order valence-electron chi connectivity index (χ4n) is 4.30. The van der Waals surface area contributed by atoms with Gasteiger partial charge in [-0.2, -0.15) is 5.26 Å². The van der Waals surface area contributed by atoms with E-state index in [1.54, 1.807) is 22.9 Å². The van der Waals surface area contributed by atoms with Crippen LogP contribution in [-0.4, -0.2) is 56.2 Å². The van der Waals surface area contributed by atoms with Gasteiger partial charge in [-0.05, 0) is 25.1 Å². The van der Waals surface area contributed by atoms with Gasteiger partial charge in [0, 0.05) is 28.9 Å². The van der Waals surface area contributed by atoms with E-state index in [0.29, 0.717) is 16.1 Å². The SMILES string of the molecule is COc1cc(C2=CC3C(S2)C(=O)N(c2cncc4ncc(C)n24)C(=O)N3CCC#N)c(Cl)cc1F. The fraction of sp³-hybridized carbons (Fsp3) is 0.261. The van der Waals surface area contributed by atoms with Gasteiger partial charge in [0.05, 0.1) is 43.1 Å². The van der Waals surface area contributed by atoms with Crippen LogP contribution >= 0.6 is 23.4 Å². The summed E-state index contributed by atoms with van der Waals surface area (Å²) >= 11 is 7.56. The molecule has 3 amide bonds. The second kappa shape index (κ2) is 8.87. The Hall–Kier alpha value is -3.62. The first kappa shape index (κ1) is 23.1. The number of methoxy groups -OCH3 is 1. The summed E-state index contributed by atoms with van der Waals surface area (Å²) in [4.78, 5) is 39.0. The molecule has 3 aromatic rings. The van der Waals surface area contributed by atoms with Gasteiger partial charge in [-0.3, -0.25) is 14.2 Å². The normalized spacial score (nSPS) is 19.7. The Morgan fingerprint density at radius 3 is 2.83 bits per heavy atom. The van der Waals surface area contributed by atoms with E-state index in [-0.39, 0.29) is 29.6 Å². The van der Waals surface area contributed by atoms with Gasteiger partial charge in [0.25, 0.3) is 5.91 Å². The summed E-state index contributed by atoms with van der Waals surface area (Å²) in [6, 6.07) is 3.51. The molecule has 35 heavy (non-hydrogen) atoms. The quantitative estimate of drug-likeness (QED) is 0.508. The highest BCUT2D eigenvalue weighted by Crippen LogP contribution is 2.47. The Balaban J connectivity index is 1.59. The van der Waals surface area contributed by atoms with Crippen LogP contribution < -0.4 is 9.64 Å². The first-order valence-electron chi connectivity index (χ1n) is 10.6. The van der Waals surface area contributed by atoms with Crippen LogP contribution in [0.1, 0.15) is 17.7 Å². The van der Waals surface area contributed by atoms with Gasteiger partial charge in [0.1, 0.15) is 11.1 Å². The standard InChI is InChI=1S/C23H18ClFN6O3S/c1-12-9-28-19-10-27-11-20(30(12)19)31-22(32)21-16(29(23(31)33)5-3-4-26)8-18(35-21)13-6-17(34-2)15(25)7-14(13)24/h6-11,16,21H,3,5H2,1-2H3. The maximum atomic E-state index is 14.1. The number of carbonyl (C=O) groups excluding carboxylic acids is 2. The number of anilines is 1. The largest absolute Gasteiger partial charge is 0.494 e. The van der Waals surface area contributed by atoms with Gasteiger partial charge in [-0.25, -0.2) is 19.1 Å². The number of carbonyl (C=O) groups is 2. The van der Waals surface area contributed by atoms with Crippen molar-refractivity contribution < 1.29 is 18.7 Å². The maximum absolute atomic E-state index is 14.1. The molecule has 2 aromatic heterocycles. The average Bonchev–Trinajstić information content (AvgIpc) is 3.44.